The molecule has 7 nitrogen and oxygen atoms in total. The number of nitrogens with one attached hydrogen (secondary N) is 1. The van der Waals surface area contributed by atoms with E-state index in [9.17, 15) is 14.3 Å². The van der Waals surface area contributed by atoms with Crippen LogP contribution in [0.3, 0.4) is 0 Å². The quantitative estimate of drug-likeness (QED) is 0.596. The highest BCUT2D eigenvalue weighted by molar-refractivity contribution is 5.93. The van der Waals surface area contributed by atoms with Gasteiger partial charge in [-0.3, -0.25) is 0 Å². The van der Waals surface area contributed by atoms with Crippen molar-refractivity contribution in [1.29, 1.82) is 0 Å². The Balaban J connectivity index is 1.86. The van der Waals surface area contributed by atoms with E-state index in [1.807, 2.05) is 6.92 Å². The zero-order valence-corrected chi connectivity index (χ0v) is 13.4. The third-order valence-electron chi connectivity index (χ3n) is 4.07. The Morgan fingerprint density at radius 1 is 1.36 bits per heavy atom. The van der Waals surface area contributed by atoms with E-state index in [4.69, 9.17) is 4.74 Å². The Bertz CT molecular complexity index is 1150. The van der Waals surface area contributed by atoms with Gasteiger partial charge >= 0.3 is 5.97 Å². The smallest absolute Gasteiger partial charge is 0.337 e. The fraction of sp³-hybridized carbons (Fsp3) is 0.118. The number of fused-ring (bicyclic) bond motifs is 2. The summed E-state index contributed by atoms with van der Waals surface area (Å²) in [5.74, 6) is -1.50. The van der Waals surface area contributed by atoms with Crippen molar-refractivity contribution < 1.29 is 19.0 Å². The largest absolute Gasteiger partial charge is 0.478 e. The molecule has 2 N–H and O–H groups in total. The number of carboxylic acids is 1. The Morgan fingerprint density at radius 2 is 2.16 bits per heavy atom. The standard InChI is InChI=1S/C17H13FN4O3/c1-8-5-10-12(21-8)3-4-13(14(10)18)25-16-15-9(2)11(17(23)24)6-22(15)20-7-19-16/h3-7,21H,1-2H3,(H,23,24). The Hall–Kier alpha value is -3.42. The Morgan fingerprint density at radius 3 is 2.92 bits per heavy atom. The van der Waals surface area contributed by atoms with Gasteiger partial charge in [0.15, 0.2) is 11.6 Å². The maximum atomic E-state index is 14.7. The molecule has 0 aliphatic rings. The lowest BCUT2D eigenvalue weighted by molar-refractivity contribution is 0.0696. The number of carbonyl (C=O) groups is 1. The minimum atomic E-state index is -1.08. The van der Waals surface area contributed by atoms with Crippen LogP contribution in [0.15, 0.2) is 30.7 Å². The zero-order chi connectivity index (χ0) is 17.7. The van der Waals surface area contributed by atoms with Crippen molar-refractivity contribution in [3.05, 3.63) is 53.4 Å². The molecular weight excluding hydrogens is 327 g/mol. The molecule has 0 saturated carbocycles. The molecule has 3 heterocycles. The van der Waals surface area contributed by atoms with E-state index in [1.165, 1.54) is 23.1 Å². The van der Waals surface area contributed by atoms with Crippen LogP contribution in [-0.4, -0.2) is 30.7 Å². The third kappa shape index (κ3) is 2.30. The summed E-state index contributed by atoms with van der Waals surface area (Å²) in [6.07, 6.45) is 2.60. The second-order valence-electron chi connectivity index (χ2n) is 5.72. The van der Waals surface area contributed by atoms with Crippen LogP contribution in [0.5, 0.6) is 11.6 Å². The number of rotatable bonds is 3. The van der Waals surface area contributed by atoms with Crippen LogP contribution < -0.4 is 4.74 Å². The molecule has 0 aliphatic carbocycles. The number of halogens is 1. The summed E-state index contributed by atoms with van der Waals surface area (Å²) in [5, 5.41) is 13.6. The van der Waals surface area contributed by atoms with E-state index in [-0.39, 0.29) is 17.2 Å². The lowest BCUT2D eigenvalue weighted by Gasteiger charge is -2.08. The molecule has 4 aromatic rings. The highest BCUT2D eigenvalue weighted by Gasteiger charge is 2.19. The number of H-pyrrole nitrogens is 1. The van der Waals surface area contributed by atoms with E-state index in [0.717, 1.165) is 5.69 Å². The van der Waals surface area contributed by atoms with Crippen LogP contribution in [0.4, 0.5) is 4.39 Å². The number of aromatic nitrogens is 4. The molecule has 3 aromatic heterocycles. The topological polar surface area (TPSA) is 92.5 Å². The summed E-state index contributed by atoms with van der Waals surface area (Å²) < 4.78 is 21.7. The molecule has 25 heavy (non-hydrogen) atoms. The average molecular weight is 340 g/mol. The molecule has 126 valence electrons. The number of aromatic carboxylic acids is 1. The van der Waals surface area contributed by atoms with E-state index in [0.29, 0.717) is 22.0 Å². The summed E-state index contributed by atoms with van der Waals surface area (Å²) in [4.78, 5) is 18.4. The number of hydrogen-bond acceptors (Lipinski definition) is 4. The average Bonchev–Trinajstić information content (AvgIpc) is 3.11. The minimum absolute atomic E-state index is 0.00424. The molecule has 1 aromatic carbocycles. The van der Waals surface area contributed by atoms with Crippen molar-refractivity contribution in [2.75, 3.05) is 0 Å². The first-order chi connectivity index (χ1) is 12.0. The third-order valence-corrected chi connectivity index (χ3v) is 4.07. The van der Waals surface area contributed by atoms with E-state index in [2.05, 4.69) is 15.1 Å². The van der Waals surface area contributed by atoms with Gasteiger partial charge in [-0.15, -0.1) is 0 Å². The maximum Gasteiger partial charge on any atom is 0.337 e. The Kier molecular flexibility index (Phi) is 3.21. The molecule has 0 saturated heterocycles. The number of aromatic amines is 1. The second-order valence-corrected chi connectivity index (χ2v) is 5.72. The number of benzene rings is 1. The van der Waals surface area contributed by atoms with Crippen LogP contribution in [0.25, 0.3) is 16.4 Å². The van der Waals surface area contributed by atoms with Gasteiger partial charge in [0.1, 0.15) is 11.8 Å². The highest BCUT2D eigenvalue weighted by Crippen LogP contribution is 2.32. The van der Waals surface area contributed by atoms with Crippen molar-refractivity contribution in [2.24, 2.45) is 0 Å². The summed E-state index contributed by atoms with van der Waals surface area (Å²) in [6.45, 7) is 3.47. The molecule has 0 spiro atoms. The van der Waals surface area contributed by atoms with Crippen molar-refractivity contribution in [1.82, 2.24) is 19.6 Å². The first-order valence-electron chi connectivity index (χ1n) is 7.47. The van der Waals surface area contributed by atoms with Crippen LogP contribution >= 0.6 is 0 Å². The van der Waals surface area contributed by atoms with Crippen molar-refractivity contribution in [3.8, 4) is 11.6 Å². The SMILES string of the molecule is Cc1cc2c(F)c(Oc3ncnn4cc(C(=O)O)c(C)c34)ccc2[nH]1. The van der Waals surface area contributed by atoms with E-state index < -0.39 is 11.8 Å². The fourth-order valence-corrected chi connectivity index (χ4v) is 2.89. The predicted octanol–water partition coefficient (Wildman–Crippen LogP) is 3.46. The predicted molar refractivity (Wildman–Crippen MR) is 87.8 cm³/mol. The van der Waals surface area contributed by atoms with Gasteiger partial charge in [0.25, 0.3) is 0 Å². The van der Waals surface area contributed by atoms with Gasteiger partial charge in [-0.2, -0.15) is 10.1 Å². The molecular formula is C17H13FN4O3. The lowest BCUT2D eigenvalue weighted by Crippen LogP contribution is -1.98. The normalized spacial score (nSPS) is 11.3. The number of ether oxygens (including phenoxy) is 1. The zero-order valence-electron chi connectivity index (χ0n) is 13.4. The van der Waals surface area contributed by atoms with Crippen LogP contribution in [0, 0.1) is 19.7 Å². The highest BCUT2D eigenvalue weighted by atomic mass is 19.1. The molecule has 0 amide bonds. The maximum absolute atomic E-state index is 14.7. The number of aryl methyl sites for hydroxylation is 2. The van der Waals surface area contributed by atoms with Crippen molar-refractivity contribution in [3.63, 3.8) is 0 Å². The first-order valence-corrected chi connectivity index (χ1v) is 7.47. The van der Waals surface area contributed by atoms with Gasteiger partial charge < -0.3 is 14.8 Å². The molecule has 4 rings (SSSR count). The summed E-state index contributed by atoms with van der Waals surface area (Å²) in [6, 6.07) is 4.91. The molecule has 0 aliphatic heterocycles. The van der Waals surface area contributed by atoms with Gasteiger partial charge in [-0.05, 0) is 37.6 Å². The monoisotopic (exact) mass is 340 g/mol. The van der Waals surface area contributed by atoms with Crippen LogP contribution in [0.2, 0.25) is 0 Å². The van der Waals surface area contributed by atoms with Gasteiger partial charge in [-0.25, -0.2) is 13.7 Å². The minimum Gasteiger partial charge on any atom is -0.478 e. The first kappa shape index (κ1) is 15.1. The number of nitrogens with zero attached hydrogens (tertiary/aromatic N) is 3. The summed E-state index contributed by atoms with van der Waals surface area (Å²) >= 11 is 0. The second kappa shape index (κ2) is 5.30. The number of hydrogen-bond donors (Lipinski definition) is 2. The molecule has 0 atom stereocenters. The lowest BCUT2D eigenvalue weighted by atomic mass is 10.2. The van der Waals surface area contributed by atoms with Gasteiger partial charge in [0, 0.05) is 22.8 Å². The fourth-order valence-electron chi connectivity index (χ4n) is 2.89. The molecule has 8 heteroatoms. The van der Waals surface area contributed by atoms with Crippen molar-refractivity contribution >= 4 is 22.4 Å². The number of carboxylic acid groups (broad SMARTS) is 1. The van der Waals surface area contributed by atoms with Crippen molar-refractivity contribution in [2.45, 2.75) is 13.8 Å². The Labute approximate surface area is 140 Å². The van der Waals surface area contributed by atoms with Crippen LogP contribution in [0.1, 0.15) is 21.6 Å². The summed E-state index contributed by atoms with van der Waals surface area (Å²) in [7, 11) is 0. The van der Waals surface area contributed by atoms with Gasteiger partial charge in [0.2, 0.25) is 5.88 Å². The van der Waals surface area contributed by atoms with Gasteiger partial charge in [0.05, 0.1) is 5.56 Å². The van der Waals surface area contributed by atoms with E-state index >= 15 is 0 Å². The van der Waals surface area contributed by atoms with Gasteiger partial charge in [-0.1, -0.05) is 0 Å². The van der Waals surface area contributed by atoms with E-state index in [1.54, 1.807) is 19.1 Å². The van der Waals surface area contributed by atoms with Crippen LogP contribution in [-0.2, 0) is 0 Å². The summed E-state index contributed by atoms with van der Waals surface area (Å²) in [5.41, 5.74) is 2.42. The molecule has 0 radical (unpaired) electrons. The molecule has 0 fully saturated rings. The molecule has 0 bridgehead atoms. The molecule has 0 unspecified atom stereocenters.